The van der Waals surface area contributed by atoms with Gasteiger partial charge in [-0.15, -0.1) is 0 Å². The zero-order valence-electron chi connectivity index (χ0n) is 11.8. The molecule has 0 saturated carbocycles. The van der Waals surface area contributed by atoms with Crippen LogP contribution in [0.3, 0.4) is 0 Å². The molecule has 0 spiro atoms. The number of carbonyl (C=O) groups excluding carboxylic acids is 1. The molecule has 0 fully saturated rings. The Bertz CT molecular complexity index is 600. The van der Waals surface area contributed by atoms with Gasteiger partial charge in [0.05, 0.1) is 5.75 Å². The van der Waals surface area contributed by atoms with Crippen LogP contribution in [0, 0.1) is 0 Å². The molecule has 1 unspecified atom stereocenters. The van der Waals surface area contributed by atoms with Gasteiger partial charge in [0.2, 0.25) is 0 Å². The van der Waals surface area contributed by atoms with Crippen LogP contribution in [0.2, 0.25) is 0 Å². The molecular weight excluding hydrogens is 296 g/mol. The van der Waals surface area contributed by atoms with E-state index in [9.17, 15) is 23.1 Å². The van der Waals surface area contributed by atoms with E-state index in [1.807, 2.05) is 0 Å². The number of carbonyl (C=O) groups is 2. The van der Waals surface area contributed by atoms with Crippen LogP contribution in [0.1, 0.15) is 11.6 Å². The Hall–Kier alpha value is -2.09. The zero-order chi connectivity index (χ0) is 16.0. The Morgan fingerprint density at radius 1 is 1.29 bits per heavy atom. The predicted molar refractivity (Wildman–Crippen MR) is 77.7 cm³/mol. The average Bonchev–Trinajstić information content (AvgIpc) is 2.41. The van der Waals surface area contributed by atoms with Gasteiger partial charge in [0.1, 0.15) is 9.84 Å². The van der Waals surface area contributed by atoms with Crippen molar-refractivity contribution in [2.45, 2.75) is 6.04 Å². The summed E-state index contributed by atoms with van der Waals surface area (Å²) in [6, 6.07) is 6.44. The number of nitrogens with zero attached hydrogens (tertiary/aromatic N) is 1. The molecule has 1 atom stereocenters. The average molecular weight is 314 g/mol. The minimum absolute atomic E-state index is 0.00814. The highest BCUT2D eigenvalue weighted by Crippen LogP contribution is 2.13. The summed E-state index contributed by atoms with van der Waals surface area (Å²) in [5.74, 6) is -1.37. The first-order valence-electron chi connectivity index (χ1n) is 6.18. The Balaban J connectivity index is 2.72. The molecule has 2 amide bonds. The fraction of sp³-hybridized carbons (Fsp3) is 0.385. The summed E-state index contributed by atoms with van der Waals surface area (Å²) in [6.45, 7) is -0.00814. The normalized spacial score (nSPS) is 12.5. The number of amides is 2. The van der Waals surface area contributed by atoms with Crippen molar-refractivity contribution >= 4 is 21.8 Å². The first-order valence-corrected chi connectivity index (χ1v) is 8.24. The summed E-state index contributed by atoms with van der Waals surface area (Å²) in [5.41, 5.74) is 0.440. The highest BCUT2D eigenvalue weighted by atomic mass is 32.2. The minimum Gasteiger partial charge on any atom is -0.479 e. The molecule has 0 heterocycles. The van der Waals surface area contributed by atoms with Crippen molar-refractivity contribution in [2.75, 3.05) is 25.6 Å². The number of benzene rings is 1. The van der Waals surface area contributed by atoms with Crippen molar-refractivity contribution < 1.29 is 23.1 Å². The van der Waals surface area contributed by atoms with Gasteiger partial charge in [0.25, 0.3) is 0 Å². The van der Waals surface area contributed by atoms with Crippen LogP contribution < -0.4 is 5.32 Å². The van der Waals surface area contributed by atoms with Gasteiger partial charge in [-0.25, -0.2) is 18.0 Å². The van der Waals surface area contributed by atoms with E-state index in [-0.39, 0.29) is 12.3 Å². The number of sulfone groups is 1. The molecule has 21 heavy (non-hydrogen) atoms. The van der Waals surface area contributed by atoms with Crippen LogP contribution in [-0.4, -0.2) is 56.0 Å². The third-order valence-electron chi connectivity index (χ3n) is 2.79. The monoisotopic (exact) mass is 314 g/mol. The van der Waals surface area contributed by atoms with Crippen molar-refractivity contribution in [3.8, 4) is 0 Å². The summed E-state index contributed by atoms with van der Waals surface area (Å²) in [5, 5.41) is 11.5. The van der Waals surface area contributed by atoms with E-state index in [0.29, 0.717) is 5.56 Å². The zero-order valence-corrected chi connectivity index (χ0v) is 12.6. The largest absolute Gasteiger partial charge is 0.479 e. The third-order valence-corrected chi connectivity index (χ3v) is 3.72. The lowest BCUT2D eigenvalue weighted by atomic mass is 10.1. The lowest BCUT2D eigenvalue weighted by Crippen LogP contribution is -2.43. The SMILES string of the molecule is CN(CCS(C)(=O)=O)C(=O)NC(C(=O)O)c1ccccc1. The number of hydrogen-bond acceptors (Lipinski definition) is 4. The van der Waals surface area contributed by atoms with Gasteiger partial charge < -0.3 is 15.3 Å². The maximum absolute atomic E-state index is 11.9. The first kappa shape index (κ1) is 17.0. The van der Waals surface area contributed by atoms with Gasteiger partial charge >= 0.3 is 12.0 Å². The van der Waals surface area contributed by atoms with Crippen molar-refractivity contribution in [1.82, 2.24) is 10.2 Å². The molecule has 0 aliphatic rings. The van der Waals surface area contributed by atoms with Crippen molar-refractivity contribution in [2.24, 2.45) is 0 Å². The summed E-state index contributed by atoms with van der Waals surface area (Å²) >= 11 is 0. The fourth-order valence-corrected chi connectivity index (χ4v) is 2.18. The van der Waals surface area contributed by atoms with E-state index in [1.54, 1.807) is 30.3 Å². The van der Waals surface area contributed by atoms with Gasteiger partial charge in [-0.2, -0.15) is 0 Å². The van der Waals surface area contributed by atoms with Crippen molar-refractivity contribution in [3.63, 3.8) is 0 Å². The second-order valence-corrected chi connectivity index (χ2v) is 6.94. The van der Waals surface area contributed by atoms with Crippen LogP contribution in [0.15, 0.2) is 30.3 Å². The van der Waals surface area contributed by atoms with Crippen LogP contribution in [0.4, 0.5) is 4.79 Å². The van der Waals surface area contributed by atoms with Gasteiger partial charge in [-0.1, -0.05) is 30.3 Å². The molecule has 1 rings (SSSR count). The summed E-state index contributed by atoms with van der Waals surface area (Å²) < 4.78 is 22.1. The second-order valence-electron chi connectivity index (χ2n) is 4.68. The molecule has 1 aromatic carbocycles. The summed E-state index contributed by atoms with van der Waals surface area (Å²) in [7, 11) is -1.78. The summed E-state index contributed by atoms with van der Waals surface area (Å²) in [4.78, 5) is 24.3. The Kier molecular flexibility index (Phi) is 5.71. The van der Waals surface area contributed by atoms with Crippen LogP contribution in [0.5, 0.6) is 0 Å². The molecule has 0 bridgehead atoms. The van der Waals surface area contributed by atoms with E-state index >= 15 is 0 Å². The van der Waals surface area contributed by atoms with E-state index in [1.165, 1.54) is 7.05 Å². The Morgan fingerprint density at radius 3 is 2.33 bits per heavy atom. The Labute approximate surface area is 123 Å². The lowest BCUT2D eigenvalue weighted by molar-refractivity contribution is -0.139. The number of hydrogen-bond donors (Lipinski definition) is 2. The minimum atomic E-state index is -3.19. The number of carboxylic acid groups (broad SMARTS) is 1. The highest BCUT2D eigenvalue weighted by molar-refractivity contribution is 7.90. The highest BCUT2D eigenvalue weighted by Gasteiger charge is 2.23. The van der Waals surface area contributed by atoms with Crippen LogP contribution in [-0.2, 0) is 14.6 Å². The summed E-state index contributed by atoms with van der Waals surface area (Å²) in [6.07, 6.45) is 1.07. The van der Waals surface area contributed by atoms with Gasteiger partial charge in [0.15, 0.2) is 6.04 Å². The maximum Gasteiger partial charge on any atom is 0.330 e. The lowest BCUT2D eigenvalue weighted by Gasteiger charge is -2.21. The maximum atomic E-state index is 11.9. The molecule has 0 aliphatic carbocycles. The van der Waals surface area contributed by atoms with Gasteiger partial charge in [-0.3, -0.25) is 0 Å². The van der Waals surface area contributed by atoms with E-state index in [2.05, 4.69) is 5.32 Å². The molecule has 7 nitrogen and oxygen atoms in total. The van der Waals surface area contributed by atoms with Crippen molar-refractivity contribution in [3.05, 3.63) is 35.9 Å². The van der Waals surface area contributed by atoms with Crippen LogP contribution >= 0.6 is 0 Å². The molecule has 0 saturated heterocycles. The molecular formula is C13H18N2O5S. The predicted octanol–water partition coefficient (Wildman–Crippen LogP) is 0.498. The molecule has 0 radical (unpaired) electrons. The number of aliphatic carboxylic acids is 1. The molecule has 2 N–H and O–H groups in total. The van der Waals surface area contributed by atoms with E-state index in [4.69, 9.17) is 0 Å². The number of nitrogens with one attached hydrogen (secondary N) is 1. The van der Waals surface area contributed by atoms with Crippen LogP contribution in [0.25, 0.3) is 0 Å². The van der Waals surface area contributed by atoms with E-state index in [0.717, 1.165) is 11.2 Å². The third kappa shape index (κ3) is 5.82. The fourth-order valence-electron chi connectivity index (χ4n) is 1.57. The number of carboxylic acids is 1. The molecule has 1 aromatic rings. The smallest absolute Gasteiger partial charge is 0.330 e. The van der Waals surface area contributed by atoms with Gasteiger partial charge in [0, 0.05) is 19.8 Å². The molecule has 0 aliphatic heterocycles. The van der Waals surface area contributed by atoms with Gasteiger partial charge in [-0.05, 0) is 5.56 Å². The Morgan fingerprint density at radius 2 is 1.86 bits per heavy atom. The second kappa shape index (κ2) is 7.07. The molecule has 116 valence electrons. The number of urea groups is 1. The standard InChI is InChI=1S/C13H18N2O5S/c1-15(8-9-21(2,19)20)13(18)14-11(12(16)17)10-6-4-3-5-7-10/h3-7,11H,8-9H2,1-2H3,(H,14,18)(H,16,17). The van der Waals surface area contributed by atoms with E-state index < -0.39 is 27.9 Å². The topological polar surface area (TPSA) is 104 Å². The molecule has 8 heteroatoms. The quantitative estimate of drug-likeness (QED) is 0.795. The first-order chi connectivity index (χ1) is 9.70. The van der Waals surface area contributed by atoms with Crippen molar-refractivity contribution in [1.29, 1.82) is 0 Å². The number of rotatable bonds is 6. The molecule has 0 aromatic heterocycles.